The second-order valence-corrected chi connectivity index (χ2v) is 6.92. The highest BCUT2D eigenvalue weighted by Gasteiger charge is 2.34. The lowest BCUT2D eigenvalue weighted by Crippen LogP contribution is -2.34. The van der Waals surface area contributed by atoms with Crippen LogP contribution < -0.4 is 10.2 Å². The highest BCUT2D eigenvalue weighted by molar-refractivity contribution is 6.30. The fourth-order valence-electron chi connectivity index (χ4n) is 2.88. The molecular weight excluding hydrogens is 359 g/mol. The maximum absolute atomic E-state index is 12.3. The van der Waals surface area contributed by atoms with Gasteiger partial charge in [0.15, 0.2) is 0 Å². The number of amides is 2. The number of benzene rings is 2. The topological polar surface area (TPSA) is 49.4 Å². The summed E-state index contributed by atoms with van der Waals surface area (Å²) in [4.78, 5) is 26.2. The summed E-state index contributed by atoms with van der Waals surface area (Å²) in [6.07, 6.45) is 0.958. The van der Waals surface area contributed by atoms with Crippen LogP contribution in [0, 0.1) is 5.92 Å². The first-order chi connectivity index (χ1) is 12.0. The van der Waals surface area contributed by atoms with E-state index in [-0.39, 0.29) is 24.2 Å². The van der Waals surface area contributed by atoms with Gasteiger partial charge in [-0.15, -0.1) is 0 Å². The van der Waals surface area contributed by atoms with Gasteiger partial charge in [-0.2, -0.15) is 0 Å². The molecule has 2 aromatic carbocycles. The molecule has 130 valence electrons. The number of halogens is 2. The molecule has 1 fully saturated rings. The van der Waals surface area contributed by atoms with Crippen molar-refractivity contribution in [3.8, 4) is 0 Å². The molecule has 0 radical (unpaired) electrons. The zero-order valence-corrected chi connectivity index (χ0v) is 15.1. The number of nitrogens with zero attached hydrogens (tertiary/aromatic N) is 1. The third-order valence-electron chi connectivity index (χ3n) is 4.26. The Morgan fingerprint density at radius 2 is 1.64 bits per heavy atom. The molecule has 3 rings (SSSR count). The molecule has 1 aliphatic heterocycles. The SMILES string of the molecule is O=C(NCCc1ccc(Cl)cc1)[C@H]1CC(=O)N(c2ccc(Cl)cc2)C1. The number of rotatable bonds is 5. The Morgan fingerprint density at radius 3 is 2.28 bits per heavy atom. The van der Waals surface area contributed by atoms with Crippen molar-refractivity contribution in [1.29, 1.82) is 0 Å². The van der Waals surface area contributed by atoms with E-state index in [1.807, 2.05) is 24.3 Å². The van der Waals surface area contributed by atoms with E-state index in [0.29, 0.717) is 23.1 Å². The second kappa shape index (κ2) is 7.89. The van der Waals surface area contributed by atoms with Gasteiger partial charge >= 0.3 is 0 Å². The number of hydrogen-bond donors (Lipinski definition) is 1. The maximum atomic E-state index is 12.3. The van der Waals surface area contributed by atoms with Gasteiger partial charge in [0.1, 0.15) is 0 Å². The van der Waals surface area contributed by atoms with Gasteiger partial charge in [0.25, 0.3) is 0 Å². The maximum Gasteiger partial charge on any atom is 0.227 e. The van der Waals surface area contributed by atoms with Gasteiger partial charge in [0.05, 0.1) is 5.92 Å². The summed E-state index contributed by atoms with van der Waals surface area (Å²) < 4.78 is 0. The summed E-state index contributed by atoms with van der Waals surface area (Å²) in [5.74, 6) is -0.452. The molecular formula is C19H18Cl2N2O2. The summed E-state index contributed by atoms with van der Waals surface area (Å²) in [6.45, 7) is 0.930. The van der Waals surface area contributed by atoms with Crippen LogP contribution in [0.2, 0.25) is 10.0 Å². The van der Waals surface area contributed by atoms with Gasteiger partial charge in [0.2, 0.25) is 11.8 Å². The minimum absolute atomic E-state index is 0.0415. The zero-order chi connectivity index (χ0) is 17.8. The molecule has 6 heteroatoms. The molecule has 1 aliphatic rings. The minimum atomic E-state index is -0.326. The first-order valence-corrected chi connectivity index (χ1v) is 8.86. The summed E-state index contributed by atoms with van der Waals surface area (Å²) in [5.41, 5.74) is 1.88. The van der Waals surface area contributed by atoms with Crippen molar-refractivity contribution in [2.75, 3.05) is 18.0 Å². The van der Waals surface area contributed by atoms with Gasteiger partial charge in [-0.1, -0.05) is 35.3 Å². The lowest BCUT2D eigenvalue weighted by molar-refractivity contribution is -0.126. The molecule has 0 aliphatic carbocycles. The number of hydrogen-bond acceptors (Lipinski definition) is 2. The predicted molar refractivity (Wildman–Crippen MR) is 100 cm³/mol. The van der Waals surface area contributed by atoms with E-state index in [0.717, 1.165) is 17.7 Å². The monoisotopic (exact) mass is 376 g/mol. The third kappa shape index (κ3) is 4.53. The molecule has 1 atom stereocenters. The van der Waals surface area contributed by atoms with Crippen LogP contribution in [0.3, 0.4) is 0 Å². The van der Waals surface area contributed by atoms with Crippen LogP contribution in [-0.2, 0) is 16.0 Å². The van der Waals surface area contributed by atoms with Crippen LogP contribution in [0.5, 0.6) is 0 Å². The lowest BCUT2D eigenvalue weighted by Gasteiger charge is -2.16. The third-order valence-corrected chi connectivity index (χ3v) is 4.76. The van der Waals surface area contributed by atoms with Crippen LogP contribution in [0.15, 0.2) is 48.5 Å². The largest absolute Gasteiger partial charge is 0.355 e. The molecule has 2 aromatic rings. The van der Waals surface area contributed by atoms with Crippen molar-refractivity contribution in [1.82, 2.24) is 5.32 Å². The molecule has 2 amide bonds. The number of carbonyl (C=O) groups is 2. The van der Waals surface area contributed by atoms with Crippen molar-refractivity contribution in [2.24, 2.45) is 5.92 Å². The van der Waals surface area contributed by atoms with E-state index in [1.165, 1.54) is 0 Å². The quantitative estimate of drug-likeness (QED) is 0.864. The summed E-state index contributed by atoms with van der Waals surface area (Å²) in [7, 11) is 0. The number of anilines is 1. The Bertz CT molecular complexity index is 760. The lowest BCUT2D eigenvalue weighted by atomic mass is 10.1. The highest BCUT2D eigenvalue weighted by atomic mass is 35.5. The van der Waals surface area contributed by atoms with Crippen LogP contribution in [0.25, 0.3) is 0 Å². The Labute approximate surface area is 156 Å². The molecule has 1 heterocycles. The van der Waals surface area contributed by atoms with E-state index in [1.54, 1.807) is 29.2 Å². The van der Waals surface area contributed by atoms with Crippen LogP contribution >= 0.6 is 23.2 Å². The van der Waals surface area contributed by atoms with Crippen LogP contribution in [0.4, 0.5) is 5.69 Å². The average molecular weight is 377 g/mol. The first-order valence-electron chi connectivity index (χ1n) is 8.11. The number of carbonyl (C=O) groups excluding carboxylic acids is 2. The molecule has 4 nitrogen and oxygen atoms in total. The second-order valence-electron chi connectivity index (χ2n) is 6.05. The first kappa shape index (κ1) is 17.8. The summed E-state index contributed by atoms with van der Waals surface area (Å²) in [5, 5.41) is 4.23. The Hall–Kier alpha value is -2.04. The van der Waals surface area contributed by atoms with E-state index >= 15 is 0 Å². The van der Waals surface area contributed by atoms with Crippen molar-refractivity contribution < 1.29 is 9.59 Å². The van der Waals surface area contributed by atoms with Crippen LogP contribution in [-0.4, -0.2) is 24.9 Å². The summed E-state index contributed by atoms with van der Waals surface area (Å²) in [6, 6.07) is 14.6. The van der Waals surface area contributed by atoms with Gasteiger partial charge in [-0.25, -0.2) is 0 Å². The summed E-state index contributed by atoms with van der Waals surface area (Å²) >= 11 is 11.7. The van der Waals surface area contributed by atoms with Crippen molar-refractivity contribution in [2.45, 2.75) is 12.8 Å². The van der Waals surface area contributed by atoms with Gasteiger partial charge < -0.3 is 10.2 Å². The fraction of sp³-hybridized carbons (Fsp3) is 0.263. The molecule has 0 bridgehead atoms. The standard InChI is InChI=1S/C19H18Cl2N2O2/c20-15-3-1-13(2-4-15)9-10-22-19(25)14-11-18(24)23(12-14)17-7-5-16(21)6-8-17/h1-8,14H,9-12H2,(H,22,25)/t14-/m0/s1. The Kier molecular flexibility index (Phi) is 5.61. The van der Waals surface area contributed by atoms with Gasteiger partial charge in [0, 0.05) is 35.2 Å². The van der Waals surface area contributed by atoms with Crippen molar-refractivity contribution in [3.63, 3.8) is 0 Å². The predicted octanol–water partition coefficient (Wildman–Crippen LogP) is 3.71. The number of nitrogens with one attached hydrogen (secondary N) is 1. The Balaban J connectivity index is 1.52. The molecule has 0 saturated carbocycles. The van der Waals surface area contributed by atoms with E-state index in [9.17, 15) is 9.59 Å². The smallest absolute Gasteiger partial charge is 0.227 e. The van der Waals surface area contributed by atoms with E-state index in [2.05, 4.69) is 5.32 Å². The molecule has 0 aromatic heterocycles. The zero-order valence-electron chi connectivity index (χ0n) is 13.5. The molecule has 1 saturated heterocycles. The van der Waals surface area contributed by atoms with Gasteiger partial charge in [-0.05, 0) is 48.4 Å². The minimum Gasteiger partial charge on any atom is -0.355 e. The fourth-order valence-corrected chi connectivity index (χ4v) is 3.13. The van der Waals surface area contributed by atoms with E-state index < -0.39 is 0 Å². The van der Waals surface area contributed by atoms with Gasteiger partial charge in [-0.3, -0.25) is 9.59 Å². The molecule has 0 unspecified atom stereocenters. The van der Waals surface area contributed by atoms with Crippen LogP contribution in [0.1, 0.15) is 12.0 Å². The Morgan fingerprint density at radius 1 is 1.04 bits per heavy atom. The van der Waals surface area contributed by atoms with Crippen molar-refractivity contribution in [3.05, 3.63) is 64.1 Å². The molecule has 0 spiro atoms. The normalized spacial score (nSPS) is 17.0. The molecule has 25 heavy (non-hydrogen) atoms. The average Bonchev–Trinajstić information content (AvgIpc) is 2.99. The van der Waals surface area contributed by atoms with E-state index in [4.69, 9.17) is 23.2 Å². The highest BCUT2D eigenvalue weighted by Crippen LogP contribution is 2.26. The molecule has 1 N–H and O–H groups in total. The van der Waals surface area contributed by atoms with Crippen molar-refractivity contribution >= 4 is 40.7 Å².